The molecule has 0 fully saturated rings. The highest BCUT2D eigenvalue weighted by molar-refractivity contribution is 5.96. The molecule has 0 aliphatic heterocycles. The second-order valence-corrected chi connectivity index (χ2v) is 7.46. The molecule has 0 radical (unpaired) electrons. The van der Waals surface area contributed by atoms with Gasteiger partial charge in [-0.05, 0) is 26.7 Å². The molecule has 1 aliphatic carbocycles. The third kappa shape index (κ3) is 6.11. The molecule has 32 heavy (non-hydrogen) atoms. The molecule has 0 atom stereocenters. The number of carbonyl (C=O) groups excluding carboxylic acids is 1. The molecule has 3 rings (SSSR count). The van der Waals surface area contributed by atoms with Crippen LogP contribution in [0.3, 0.4) is 0 Å². The fraction of sp³-hybridized carbons (Fsp3) is 0.423. The van der Waals surface area contributed by atoms with E-state index in [0.29, 0.717) is 45.2 Å². The van der Waals surface area contributed by atoms with Crippen molar-refractivity contribution in [2.75, 3.05) is 46.2 Å². The first-order valence-electron chi connectivity index (χ1n) is 11.1. The summed E-state index contributed by atoms with van der Waals surface area (Å²) in [5.74, 6) is 1.49. The number of carbonyl (C=O) groups is 1. The van der Waals surface area contributed by atoms with E-state index < -0.39 is 5.97 Å². The molecular weight excluding hydrogens is 408 g/mol. The summed E-state index contributed by atoms with van der Waals surface area (Å²) in [6, 6.07) is 8.23. The molecule has 0 amide bonds. The molecule has 0 saturated heterocycles. The molecule has 6 nitrogen and oxygen atoms in total. The van der Waals surface area contributed by atoms with Crippen LogP contribution in [-0.4, -0.2) is 52.2 Å². The Morgan fingerprint density at radius 1 is 0.844 bits per heavy atom. The first kappa shape index (κ1) is 23.8. The molecule has 6 heteroatoms. The minimum Gasteiger partial charge on any atom is -0.493 e. The van der Waals surface area contributed by atoms with Crippen LogP contribution in [0.25, 0.3) is 10.8 Å². The zero-order valence-corrected chi connectivity index (χ0v) is 19.0. The number of benzene rings is 2. The molecule has 2 aromatic rings. The average Bonchev–Trinajstić information content (AvgIpc) is 2.81. The molecular formula is C26H32O6. The van der Waals surface area contributed by atoms with Gasteiger partial charge in [0.1, 0.15) is 24.7 Å². The van der Waals surface area contributed by atoms with E-state index in [1.165, 1.54) is 11.1 Å². The molecule has 0 saturated carbocycles. The van der Waals surface area contributed by atoms with E-state index in [9.17, 15) is 4.79 Å². The summed E-state index contributed by atoms with van der Waals surface area (Å²) in [7, 11) is 0. The smallest absolute Gasteiger partial charge is 0.333 e. The van der Waals surface area contributed by atoms with Gasteiger partial charge in [-0.2, -0.15) is 0 Å². The van der Waals surface area contributed by atoms with Crippen LogP contribution in [0.1, 0.15) is 25.0 Å². The SMILES string of the molecule is C=C(C)C(=O)OCCOCCOCCOc1c2c(c(OCC)c3ccccc13)CC=CC2. The van der Waals surface area contributed by atoms with E-state index >= 15 is 0 Å². The summed E-state index contributed by atoms with van der Waals surface area (Å²) < 4.78 is 28.3. The van der Waals surface area contributed by atoms with Crippen molar-refractivity contribution in [2.45, 2.75) is 26.7 Å². The summed E-state index contributed by atoms with van der Waals surface area (Å²) >= 11 is 0. The van der Waals surface area contributed by atoms with Gasteiger partial charge in [0.2, 0.25) is 0 Å². The van der Waals surface area contributed by atoms with Crippen molar-refractivity contribution in [1.82, 2.24) is 0 Å². The monoisotopic (exact) mass is 440 g/mol. The number of ether oxygens (including phenoxy) is 5. The topological polar surface area (TPSA) is 63.2 Å². The molecule has 0 heterocycles. The molecule has 1 aliphatic rings. The summed E-state index contributed by atoms with van der Waals surface area (Å²) in [6.07, 6.45) is 6.05. The Kier molecular flexibility index (Phi) is 9.13. The van der Waals surface area contributed by atoms with Crippen LogP contribution in [0.15, 0.2) is 48.6 Å². The Bertz CT molecular complexity index is 962. The average molecular weight is 441 g/mol. The fourth-order valence-electron chi connectivity index (χ4n) is 3.63. The van der Waals surface area contributed by atoms with Crippen molar-refractivity contribution in [2.24, 2.45) is 0 Å². The second-order valence-electron chi connectivity index (χ2n) is 7.46. The van der Waals surface area contributed by atoms with Gasteiger partial charge in [0.25, 0.3) is 0 Å². The van der Waals surface area contributed by atoms with Gasteiger partial charge in [0, 0.05) is 27.5 Å². The molecule has 2 aromatic carbocycles. The van der Waals surface area contributed by atoms with Crippen LogP contribution in [0, 0.1) is 0 Å². The summed E-state index contributed by atoms with van der Waals surface area (Å²) in [6.45, 7) is 10.1. The van der Waals surface area contributed by atoms with E-state index in [2.05, 4.69) is 30.9 Å². The van der Waals surface area contributed by atoms with Crippen molar-refractivity contribution in [3.8, 4) is 11.5 Å². The van der Waals surface area contributed by atoms with Gasteiger partial charge in [-0.15, -0.1) is 0 Å². The third-order valence-corrected chi connectivity index (χ3v) is 5.08. The first-order chi connectivity index (χ1) is 15.6. The molecule has 0 bridgehead atoms. The maximum absolute atomic E-state index is 11.3. The van der Waals surface area contributed by atoms with E-state index in [4.69, 9.17) is 23.7 Å². The minimum atomic E-state index is -0.401. The lowest BCUT2D eigenvalue weighted by Gasteiger charge is -2.23. The van der Waals surface area contributed by atoms with Gasteiger partial charge in [-0.25, -0.2) is 4.79 Å². The molecule has 172 valence electrons. The van der Waals surface area contributed by atoms with E-state index in [0.717, 1.165) is 35.1 Å². The Morgan fingerprint density at radius 2 is 1.38 bits per heavy atom. The van der Waals surface area contributed by atoms with Crippen LogP contribution in [0.2, 0.25) is 0 Å². The van der Waals surface area contributed by atoms with Gasteiger partial charge in [0.15, 0.2) is 0 Å². The van der Waals surface area contributed by atoms with Crippen LogP contribution < -0.4 is 9.47 Å². The summed E-state index contributed by atoms with van der Waals surface area (Å²) in [5.41, 5.74) is 2.79. The van der Waals surface area contributed by atoms with Crippen LogP contribution >= 0.6 is 0 Å². The van der Waals surface area contributed by atoms with Gasteiger partial charge < -0.3 is 23.7 Å². The number of hydrogen-bond acceptors (Lipinski definition) is 6. The predicted octanol–water partition coefficient (Wildman–Crippen LogP) is 4.42. The van der Waals surface area contributed by atoms with Crippen molar-refractivity contribution in [3.05, 3.63) is 59.7 Å². The van der Waals surface area contributed by atoms with Crippen LogP contribution in [-0.2, 0) is 31.8 Å². The molecule has 0 unspecified atom stereocenters. The Labute approximate surface area is 189 Å². The lowest BCUT2D eigenvalue weighted by Crippen LogP contribution is -2.15. The minimum absolute atomic E-state index is 0.208. The van der Waals surface area contributed by atoms with E-state index in [1.807, 2.05) is 19.1 Å². The van der Waals surface area contributed by atoms with Crippen LogP contribution in [0.5, 0.6) is 11.5 Å². The largest absolute Gasteiger partial charge is 0.493 e. The highest BCUT2D eigenvalue weighted by atomic mass is 16.6. The predicted molar refractivity (Wildman–Crippen MR) is 125 cm³/mol. The molecule has 0 spiro atoms. The number of rotatable bonds is 13. The number of esters is 1. The van der Waals surface area contributed by atoms with Crippen molar-refractivity contribution >= 4 is 16.7 Å². The van der Waals surface area contributed by atoms with E-state index in [1.54, 1.807) is 6.92 Å². The first-order valence-corrected chi connectivity index (χ1v) is 11.1. The number of fused-ring (bicyclic) bond motifs is 2. The normalized spacial score (nSPS) is 12.4. The van der Waals surface area contributed by atoms with Gasteiger partial charge in [-0.3, -0.25) is 0 Å². The third-order valence-electron chi connectivity index (χ3n) is 5.08. The zero-order valence-electron chi connectivity index (χ0n) is 19.0. The van der Waals surface area contributed by atoms with Gasteiger partial charge in [-0.1, -0.05) is 43.0 Å². The maximum Gasteiger partial charge on any atom is 0.333 e. The molecule has 0 N–H and O–H groups in total. The van der Waals surface area contributed by atoms with Crippen LogP contribution in [0.4, 0.5) is 0 Å². The van der Waals surface area contributed by atoms with Gasteiger partial charge >= 0.3 is 5.97 Å². The van der Waals surface area contributed by atoms with Crippen molar-refractivity contribution < 1.29 is 28.5 Å². The lowest BCUT2D eigenvalue weighted by molar-refractivity contribution is -0.140. The zero-order chi connectivity index (χ0) is 22.8. The second kappa shape index (κ2) is 12.3. The number of allylic oxidation sites excluding steroid dienone is 2. The highest BCUT2D eigenvalue weighted by Gasteiger charge is 2.21. The lowest BCUT2D eigenvalue weighted by atomic mass is 9.90. The quantitative estimate of drug-likeness (QED) is 0.199. The number of hydrogen-bond donors (Lipinski definition) is 0. The maximum atomic E-state index is 11.3. The summed E-state index contributed by atoms with van der Waals surface area (Å²) in [4.78, 5) is 11.3. The van der Waals surface area contributed by atoms with Gasteiger partial charge in [0.05, 0.1) is 33.0 Å². The van der Waals surface area contributed by atoms with Crippen molar-refractivity contribution in [3.63, 3.8) is 0 Å². The Morgan fingerprint density at radius 3 is 1.94 bits per heavy atom. The van der Waals surface area contributed by atoms with Crippen molar-refractivity contribution in [1.29, 1.82) is 0 Å². The molecule has 0 aromatic heterocycles. The Balaban J connectivity index is 1.49. The Hall–Kier alpha value is -2.83. The highest BCUT2D eigenvalue weighted by Crippen LogP contribution is 2.43. The summed E-state index contributed by atoms with van der Waals surface area (Å²) in [5, 5.41) is 2.15. The van der Waals surface area contributed by atoms with E-state index in [-0.39, 0.29) is 6.61 Å². The fourth-order valence-corrected chi connectivity index (χ4v) is 3.63. The standard InChI is InChI=1S/C26H32O6/c1-4-30-24-20-9-5-7-11-22(20)25(23-12-8-6-10-21(23)24)31-17-15-28-13-14-29-16-18-32-26(27)19(2)3/h5-9,11H,2,4,10,12-18H2,1,3H3.